The lowest BCUT2D eigenvalue weighted by Gasteiger charge is -2.25. The Balaban J connectivity index is 2.45. The number of anilines is 1. The Hall–Kier alpha value is -3.29. The lowest BCUT2D eigenvalue weighted by molar-refractivity contribution is -0.164. The van der Waals surface area contributed by atoms with Crippen LogP contribution < -0.4 is 26.4 Å². The van der Waals surface area contributed by atoms with Crippen molar-refractivity contribution in [3.8, 4) is 5.75 Å². The van der Waals surface area contributed by atoms with Crippen LogP contribution in [0, 0.1) is 17.6 Å². The second-order valence-corrected chi connectivity index (χ2v) is 9.30. The van der Waals surface area contributed by atoms with E-state index in [2.05, 4.69) is 25.9 Å². The summed E-state index contributed by atoms with van der Waals surface area (Å²) in [5.41, 5.74) is 5.75. The van der Waals surface area contributed by atoms with Gasteiger partial charge in [-0.3, -0.25) is 15.1 Å². The van der Waals surface area contributed by atoms with Crippen LogP contribution in [-0.4, -0.2) is 57.2 Å². The van der Waals surface area contributed by atoms with Gasteiger partial charge < -0.3 is 21.1 Å². The molecular formula is C26H32ClF5N6O2. The van der Waals surface area contributed by atoms with E-state index in [1.54, 1.807) is 19.9 Å². The Morgan fingerprint density at radius 2 is 1.88 bits per heavy atom. The number of hydrogen-bond donors (Lipinski definition) is 4. The molecular weight excluding hydrogens is 559 g/mol. The van der Waals surface area contributed by atoms with Crippen LogP contribution in [-0.2, 0) is 4.79 Å². The van der Waals surface area contributed by atoms with E-state index in [1.807, 2.05) is 0 Å². The van der Waals surface area contributed by atoms with Gasteiger partial charge in [0.15, 0.2) is 11.6 Å². The van der Waals surface area contributed by atoms with Crippen LogP contribution in [0.1, 0.15) is 31.7 Å². The number of aliphatic imine (C=N–C) groups is 2. The molecule has 0 aliphatic rings. The number of guanidine groups is 1. The number of nitrogens with zero attached hydrogens (tertiary/aromatic N) is 2. The maximum absolute atomic E-state index is 14.5. The average molecular weight is 591 g/mol. The molecule has 2 aromatic rings. The van der Waals surface area contributed by atoms with E-state index >= 15 is 0 Å². The number of halogens is 6. The summed E-state index contributed by atoms with van der Waals surface area (Å²) in [5, 5.41) is 7.55. The van der Waals surface area contributed by atoms with E-state index in [0.717, 1.165) is 6.07 Å². The first kappa shape index (κ1) is 32.9. The van der Waals surface area contributed by atoms with Crippen LogP contribution in [0.3, 0.4) is 0 Å². The standard InChI is InChI=1S/C26H32ClF5N6O2/c1-5-35-22(10-14(2)15-6-9-21(40-4)19(29)11-15)37-25(36-20-12-16(27)7-8-18(20)28)38-24(39)17(13-34-3)23(33)26(30,31)32/h5-9,11-12,14,17,22-23,34H,10,13,33H2,1-4H3,(H2,36,37,38,39). The van der Waals surface area contributed by atoms with Gasteiger partial charge >= 0.3 is 6.18 Å². The largest absolute Gasteiger partial charge is 0.494 e. The van der Waals surface area contributed by atoms with Crippen molar-refractivity contribution < 1.29 is 31.5 Å². The van der Waals surface area contributed by atoms with E-state index in [9.17, 15) is 26.7 Å². The summed E-state index contributed by atoms with van der Waals surface area (Å²) in [5.74, 6) is -4.80. The van der Waals surface area contributed by atoms with E-state index in [4.69, 9.17) is 22.1 Å². The van der Waals surface area contributed by atoms with Crippen molar-refractivity contribution in [1.82, 2.24) is 10.6 Å². The number of carbonyl (C=O) groups excluding carboxylic acids is 1. The minimum atomic E-state index is -4.86. The van der Waals surface area contributed by atoms with Gasteiger partial charge in [0.2, 0.25) is 11.9 Å². The highest BCUT2D eigenvalue weighted by Gasteiger charge is 2.45. The van der Waals surface area contributed by atoms with E-state index in [1.165, 1.54) is 44.6 Å². The van der Waals surface area contributed by atoms with E-state index in [0.29, 0.717) is 5.56 Å². The Kier molecular flexibility index (Phi) is 12.3. The normalized spacial score (nSPS) is 15.4. The van der Waals surface area contributed by atoms with Gasteiger partial charge in [-0.15, -0.1) is 0 Å². The number of alkyl halides is 3. The fourth-order valence-electron chi connectivity index (χ4n) is 3.77. The quantitative estimate of drug-likeness (QED) is 0.170. The third kappa shape index (κ3) is 9.42. The summed E-state index contributed by atoms with van der Waals surface area (Å²) in [6.45, 7) is 3.01. The summed E-state index contributed by atoms with van der Waals surface area (Å²) in [7, 11) is 2.71. The smallest absolute Gasteiger partial charge is 0.404 e. The Morgan fingerprint density at radius 3 is 2.45 bits per heavy atom. The van der Waals surface area contributed by atoms with Crippen LogP contribution in [0.2, 0.25) is 5.02 Å². The number of methoxy groups -OCH3 is 1. The molecule has 5 N–H and O–H groups in total. The molecule has 0 spiro atoms. The van der Waals surface area contributed by atoms with Gasteiger partial charge in [0, 0.05) is 11.6 Å². The first-order chi connectivity index (χ1) is 18.8. The molecule has 2 aromatic carbocycles. The number of ether oxygens (including phenoxy) is 1. The van der Waals surface area contributed by atoms with Gasteiger partial charge in [-0.1, -0.05) is 24.6 Å². The first-order valence-electron chi connectivity index (χ1n) is 12.2. The number of hydrogen-bond acceptors (Lipinski definition) is 6. The first-order valence-corrected chi connectivity index (χ1v) is 12.6. The predicted octanol–water partition coefficient (Wildman–Crippen LogP) is 4.85. The molecule has 8 nitrogen and oxygen atoms in total. The predicted molar refractivity (Wildman–Crippen MR) is 146 cm³/mol. The molecule has 0 aliphatic heterocycles. The van der Waals surface area contributed by atoms with Gasteiger partial charge in [0.25, 0.3) is 0 Å². The third-order valence-electron chi connectivity index (χ3n) is 5.90. The zero-order valence-corrected chi connectivity index (χ0v) is 23.1. The van der Waals surface area contributed by atoms with E-state index in [-0.39, 0.29) is 34.8 Å². The SMILES string of the molecule is CC=NC(CC(C)c1ccc(OC)c(F)c1)N=C(NC(=O)C(CNC)C(N)C(F)(F)F)Nc1cc(Cl)ccc1F. The second kappa shape index (κ2) is 14.9. The molecule has 14 heteroatoms. The van der Waals surface area contributed by atoms with Crippen LogP contribution in [0.4, 0.5) is 27.6 Å². The molecule has 40 heavy (non-hydrogen) atoms. The molecule has 0 saturated heterocycles. The minimum Gasteiger partial charge on any atom is -0.494 e. The van der Waals surface area contributed by atoms with Crippen LogP contribution in [0.15, 0.2) is 46.4 Å². The minimum absolute atomic E-state index is 0.0723. The highest BCUT2D eigenvalue weighted by atomic mass is 35.5. The molecule has 0 bridgehead atoms. The van der Waals surface area contributed by atoms with Crippen molar-refractivity contribution in [2.75, 3.05) is 26.0 Å². The summed E-state index contributed by atoms with van der Waals surface area (Å²) < 4.78 is 73.8. The van der Waals surface area contributed by atoms with Gasteiger partial charge in [-0.25, -0.2) is 13.8 Å². The highest BCUT2D eigenvalue weighted by Crippen LogP contribution is 2.28. The lowest BCUT2D eigenvalue weighted by atomic mass is 9.96. The van der Waals surface area contributed by atoms with Gasteiger partial charge in [0.05, 0.1) is 18.7 Å². The van der Waals surface area contributed by atoms with Crippen LogP contribution in [0.5, 0.6) is 5.75 Å². The Labute approximate surface area is 234 Å². The summed E-state index contributed by atoms with van der Waals surface area (Å²) in [6, 6.07) is 5.54. The molecule has 0 saturated carbocycles. The van der Waals surface area contributed by atoms with E-state index < -0.39 is 48.4 Å². The molecule has 2 rings (SSSR count). The van der Waals surface area contributed by atoms with Crippen LogP contribution >= 0.6 is 11.6 Å². The molecule has 0 aromatic heterocycles. The van der Waals surface area contributed by atoms with Crippen LogP contribution in [0.25, 0.3) is 0 Å². The van der Waals surface area contributed by atoms with Crippen molar-refractivity contribution in [3.05, 3.63) is 58.6 Å². The number of carbonyl (C=O) groups is 1. The molecule has 220 valence electrons. The third-order valence-corrected chi connectivity index (χ3v) is 6.14. The van der Waals surface area contributed by atoms with Gasteiger partial charge in [0.1, 0.15) is 18.0 Å². The molecule has 0 fully saturated rings. The average Bonchev–Trinajstić information content (AvgIpc) is 2.88. The zero-order valence-electron chi connectivity index (χ0n) is 22.3. The Morgan fingerprint density at radius 1 is 1.18 bits per heavy atom. The number of nitrogens with one attached hydrogen (secondary N) is 3. The van der Waals surface area contributed by atoms with Gasteiger partial charge in [-0.2, -0.15) is 13.2 Å². The summed E-state index contributed by atoms with van der Waals surface area (Å²) in [6.07, 6.45) is -4.13. The fourth-order valence-corrected chi connectivity index (χ4v) is 3.94. The number of benzene rings is 2. The lowest BCUT2D eigenvalue weighted by Crippen LogP contribution is -2.54. The summed E-state index contributed by atoms with van der Waals surface area (Å²) >= 11 is 5.97. The maximum atomic E-state index is 14.5. The molecule has 0 radical (unpaired) electrons. The van der Waals surface area contributed by atoms with Crippen molar-refractivity contribution in [1.29, 1.82) is 0 Å². The number of rotatable bonds is 11. The zero-order chi connectivity index (χ0) is 30.0. The highest BCUT2D eigenvalue weighted by molar-refractivity contribution is 6.31. The molecule has 4 atom stereocenters. The molecule has 1 amide bonds. The number of nitrogens with two attached hydrogens (primary N) is 1. The maximum Gasteiger partial charge on any atom is 0.404 e. The van der Waals surface area contributed by atoms with Crippen molar-refractivity contribution in [2.45, 2.75) is 44.6 Å². The molecule has 4 unspecified atom stereocenters. The topological polar surface area (TPSA) is 113 Å². The second-order valence-electron chi connectivity index (χ2n) is 8.87. The molecule has 0 aliphatic carbocycles. The summed E-state index contributed by atoms with van der Waals surface area (Å²) in [4.78, 5) is 21.6. The van der Waals surface area contributed by atoms with Crippen molar-refractivity contribution >= 4 is 35.4 Å². The Bertz CT molecular complexity index is 1210. The van der Waals surface area contributed by atoms with Gasteiger partial charge in [-0.05, 0) is 68.4 Å². The fraction of sp³-hybridized carbons (Fsp3) is 0.423. The number of amides is 1. The monoisotopic (exact) mass is 590 g/mol. The van der Waals surface area contributed by atoms with Crippen molar-refractivity contribution in [2.24, 2.45) is 21.6 Å². The van der Waals surface area contributed by atoms with Crippen molar-refractivity contribution in [3.63, 3.8) is 0 Å². The molecule has 0 heterocycles.